The molecule has 0 aromatic heterocycles. The lowest BCUT2D eigenvalue weighted by Crippen LogP contribution is -2.04. The molecule has 0 spiro atoms. The first-order chi connectivity index (χ1) is 10.5. The number of hydrogen-bond donors (Lipinski definition) is 0. The van der Waals surface area contributed by atoms with Gasteiger partial charge in [0.1, 0.15) is 4.24 Å². The Morgan fingerprint density at radius 1 is 0.818 bits per heavy atom. The number of allylic oxidation sites excluding steroid dienone is 2. The van der Waals surface area contributed by atoms with E-state index in [1.165, 1.54) is 6.08 Å². The first-order valence-electron chi connectivity index (χ1n) is 6.82. The number of hydrogen-bond acceptors (Lipinski definition) is 2. The molecule has 0 aliphatic rings. The van der Waals surface area contributed by atoms with Gasteiger partial charge in [0.05, 0.1) is 21.6 Å². The molecule has 0 saturated heterocycles. The number of rotatable bonds is 5. The van der Waals surface area contributed by atoms with E-state index in [4.69, 9.17) is 0 Å². The van der Waals surface area contributed by atoms with Crippen LogP contribution in [0.1, 0.15) is 11.1 Å². The van der Waals surface area contributed by atoms with Gasteiger partial charge in [-0.3, -0.25) is 0 Å². The van der Waals surface area contributed by atoms with E-state index in [-0.39, 0.29) is 0 Å². The highest BCUT2D eigenvalue weighted by Crippen LogP contribution is 2.23. The fraction of sp³-hybridized carbons (Fsp3) is 0.111. The second-order valence-corrected chi connectivity index (χ2v) is 8.04. The molecule has 114 valence electrons. The molecule has 0 N–H and O–H groups in total. The summed E-state index contributed by atoms with van der Waals surface area (Å²) in [6.45, 7) is 7.58. The lowest BCUT2D eigenvalue weighted by Gasteiger charge is -2.08. The third-order valence-electron chi connectivity index (χ3n) is 3.09. The average Bonchev–Trinajstić information content (AvgIpc) is 2.53. The molecule has 0 fully saturated rings. The monoisotopic (exact) mass is 330 g/mol. The van der Waals surface area contributed by atoms with Crippen molar-refractivity contribution in [2.24, 2.45) is 0 Å². The predicted molar refractivity (Wildman–Crippen MR) is 93.5 cm³/mol. The van der Waals surface area contributed by atoms with Gasteiger partial charge in [0, 0.05) is 9.79 Å². The normalized spacial score (nSPS) is 13.2. The molecule has 2 aromatic rings. The Morgan fingerprint density at radius 3 is 1.50 bits per heavy atom. The molecule has 0 aliphatic carbocycles. The summed E-state index contributed by atoms with van der Waals surface area (Å²) < 4.78 is 25.8. The Balaban J connectivity index is 2.37. The second kappa shape index (κ2) is 7.47. The Labute approximate surface area is 136 Å². The summed E-state index contributed by atoms with van der Waals surface area (Å²) in [5.41, 5.74) is 2.18. The van der Waals surface area contributed by atoms with Crippen LogP contribution in [-0.4, -0.2) is 8.42 Å². The summed E-state index contributed by atoms with van der Waals surface area (Å²) in [6.07, 6.45) is 3.10. The van der Waals surface area contributed by atoms with Crippen LogP contribution in [0.4, 0.5) is 0 Å². The summed E-state index contributed by atoms with van der Waals surface area (Å²) in [6, 6.07) is 14.8. The maximum atomic E-state index is 12.7. The molecular formula is C18H18O2S2. The molecule has 0 heterocycles. The molecule has 0 aliphatic heterocycles. The average molecular weight is 330 g/mol. The maximum absolute atomic E-state index is 12.7. The minimum atomic E-state index is -1.48. The Morgan fingerprint density at radius 2 is 1.18 bits per heavy atom. The maximum Gasteiger partial charge on any atom is 0.113 e. The smallest absolute Gasteiger partial charge is 0.113 e. The van der Waals surface area contributed by atoms with Crippen molar-refractivity contribution in [1.29, 1.82) is 0 Å². The third kappa shape index (κ3) is 3.90. The minimum Gasteiger partial charge on any atom is -0.248 e. The van der Waals surface area contributed by atoms with Crippen LogP contribution in [0.15, 0.2) is 81.3 Å². The Kier molecular flexibility index (Phi) is 5.63. The molecule has 4 heteroatoms. The zero-order valence-corrected chi connectivity index (χ0v) is 14.2. The topological polar surface area (TPSA) is 34.1 Å². The van der Waals surface area contributed by atoms with Gasteiger partial charge < -0.3 is 0 Å². The van der Waals surface area contributed by atoms with Gasteiger partial charge in [-0.1, -0.05) is 48.0 Å². The van der Waals surface area contributed by atoms with Gasteiger partial charge in [-0.25, -0.2) is 8.42 Å². The molecule has 0 saturated carbocycles. The summed E-state index contributed by atoms with van der Waals surface area (Å²) in [5, 5.41) is 0. The van der Waals surface area contributed by atoms with E-state index >= 15 is 0 Å². The quantitative estimate of drug-likeness (QED) is 0.768. The minimum absolute atomic E-state index is 0.350. The summed E-state index contributed by atoms with van der Waals surface area (Å²) in [5.74, 6) is 0. The molecule has 0 amide bonds. The Bertz CT molecular complexity index is 682. The van der Waals surface area contributed by atoms with E-state index in [0.29, 0.717) is 14.0 Å². The highest BCUT2D eigenvalue weighted by Gasteiger charge is 2.18. The molecule has 2 rings (SSSR count). The molecule has 22 heavy (non-hydrogen) atoms. The summed E-state index contributed by atoms with van der Waals surface area (Å²) in [4.78, 5) is 1.28. The van der Waals surface area contributed by atoms with Gasteiger partial charge >= 0.3 is 0 Å². The van der Waals surface area contributed by atoms with Crippen molar-refractivity contribution in [3.63, 3.8) is 0 Å². The van der Waals surface area contributed by atoms with Crippen LogP contribution in [0.5, 0.6) is 0 Å². The van der Waals surface area contributed by atoms with Gasteiger partial charge in [-0.15, -0.1) is 0 Å². The first-order valence-corrected chi connectivity index (χ1v) is 9.12. The van der Waals surface area contributed by atoms with Crippen molar-refractivity contribution in [3.8, 4) is 0 Å². The number of aryl methyl sites for hydroxylation is 2. The fourth-order valence-corrected chi connectivity index (χ4v) is 4.64. The molecule has 2 atom stereocenters. The van der Waals surface area contributed by atoms with Crippen molar-refractivity contribution in [2.75, 3.05) is 0 Å². The standard InChI is InChI=1S/C18H18O2S2/c1-4-5-18(21(19)16-10-6-14(2)7-11-16)22(20)17-12-8-15(3)9-13-17/h4-13H,1H2,2-3H3/t21-,22-/m0/s1. The van der Waals surface area contributed by atoms with Gasteiger partial charge in [-0.2, -0.15) is 0 Å². The number of benzene rings is 2. The van der Waals surface area contributed by atoms with Crippen molar-refractivity contribution in [1.82, 2.24) is 0 Å². The first kappa shape index (κ1) is 16.6. The van der Waals surface area contributed by atoms with E-state index in [2.05, 4.69) is 6.58 Å². The second-order valence-electron chi connectivity index (χ2n) is 4.88. The molecular weight excluding hydrogens is 312 g/mol. The van der Waals surface area contributed by atoms with E-state index < -0.39 is 21.6 Å². The van der Waals surface area contributed by atoms with Crippen LogP contribution in [0.2, 0.25) is 0 Å². The molecule has 0 bridgehead atoms. The van der Waals surface area contributed by atoms with Crippen LogP contribution in [0.3, 0.4) is 0 Å². The van der Waals surface area contributed by atoms with Crippen LogP contribution >= 0.6 is 0 Å². The van der Waals surface area contributed by atoms with Gasteiger partial charge in [0.25, 0.3) is 0 Å². The van der Waals surface area contributed by atoms with Crippen LogP contribution in [0, 0.1) is 13.8 Å². The molecule has 2 nitrogen and oxygen atoms in total. The largest absolute Gasteiger partial charge is 0.248 e. The highest BCUT2D eigenvalue weighted by atomic mass is 32.2. The predicted octanol–water partition coefficient (Wildman–Crippen LogP) is 4.25. The van der Waals surface area contributed by atoms with Crippen LogP contribution < -0.4 is 0 Å². The van der Waals surface area contributed by atoms with Crippen molar-refractivity contribution < 1.29 is 8.42 Å². The summed E-state index contributed by atoms with van der Waals surface area (Å²) in [7, 11) is -2.95. The van der Waals surface area contributed by atoms with Gasteiger partial charge in [0.15, 0.2) is 0 Å². The van der Waals surface area contributed by atoms with E-state index in [0.717, 1.165) is 11.1 Å². The van der Waals surface area contributed by atoms with E-state index in [1.807, 2.05) is 38.1 Å². The van der Waals surface area contributed by atoms with Gasteiger partial charge in [0.2, 0.25) is 0 Å². The van der Waals surface area contributed by atoms with Crippen molar-refractivity contribution in [2.45, 2.75) is 23.6 Å². The SMILES string of the molecule is C=CC=C([S@@](=O)c1ccc(C)cc1)[S@@](=O)c1ccc(C)cc1. The molecule has 0 unspecified atom stereocenters. The van der Waals surface area contributed by atoms with Crippen LogP contribution in [0.25, 0.3) is 0 Å². The highest BCUT2D eigenvalue weighted by molar-refractivity contribution is 8.08. The van der Waals surface area contributed by atoms with Crippen molar-refractivity contribution in [3.05, 3.63) is 82.6 Å². The fourth-order valence-electron chi connectivity index (χ4n) is 1.84. The van der Waals surface area contributed by atoms with Crippen LogP contribution in [-0.2, 0) is 21.6 Å². The lowest BCUT2D eigenvalue weighted by molar-refractivity contribution is 0.683. The lowest BCUT2D eigenvalue weighted by atomic mass is 10.2. The zero-order chi connectivity index (χ0) is 16.1. The van der Waals surface area contributed by atoms with E-state index in [9.17, 15) is 8.42 Å². The Hall–Kier alpha value is -1.78. The third-order valence-corrected chi connectivity index (χ3v) is 6.40. The summed E-state index contributed by atoms with van der Waals surface area (Å²) >= 11 is 0. The van der Waals surface area contributed by atoms with E-state index in [1.54, 1.807) is 30.3 Å². The zero-order valence-electron chi connectivity index (χ0n) is 12.6. The molecule has 0 radical (unpaired) electrons. The van der Waals surface area contributed by atoms with Crippen molar-refractivity contribution >= 4 is 21.6 Å². The molecule has 2 aromatic carbocycles. The van der Waals surface area contributed by atoms with Gasteiger partial charge in [-0.05, 0) is 44.2 Å².